The van der Waals surface area contributed by atoms with Crippen LogP contribution in [-0.4, -0.2) is 11.8 Å². The standard InChI is InChI=1S/C28H30N2O2/c1-19-8-15-26(18-20(19)2)30-28(32)24-13-16-25(17-14-24)29-27(31)23-11-9-22(10-12-23)21-6-4-3-5-7-21/h8-18,21H,3-7H2,1-2H3,(H,29,31)(H,30,32). The van der Waals surface area contributed by atoms with Crippen LogP contribution < -0.4 is 10.6 Å². The van der Waals surface area contributed by atoms with E-state index in [1.165, 1.54) is 43.2 Å². The Morgan fingerprint density at radius 3 is 1.78 bits per heavy atom. The van der Waals surface area contributed by atoms with Crippen molar-refractivity contribution < 1.29 is 9.59 Å². The van der Waals surface area contributed by atoms with Gasteiger partial charge in [0.25, 0.3) is 11.8 Å². The molecular formula is C28H30N2O2. The highest BCUT2D eigenvalue weighted by Crippen LogP contribution is 2.32. The van der Waals surface area contributed by atoms with Crippen LogP contribution in [0.1, 0.15) is 75.4 Å². The highest BCUT2D eigenvalue weighted by Gasteiger charge is 2.16. The third-order valence-corrected chi connectivity index (χ3v) is 6.42. The summed E-state index contributed by atoms with van der Waals surface area (Å²) in [4.78, 5) is 25.2. The molecule has 0 spiro atoms. The Bertz CT molecular complexity index is 1100. The van der Waals surface area contributed by atoms with Gasteiger partial charge in [0.05, 0.1) is 0 Å². The Labute approximate surface area is 190 Å². The molecule has 1 fully saturated rings. The van der Waals surface area contributed by atoms with Crippen molar-refractivity contribution in [2.24, 2.45) is 0 Å². The molecule has 4 heteroatoms. The zero-order valence-electron chi connectivity index (χ0n) is 18.8. The van der Waals surface area contributed by atoms with Crippen LogP contribution in [0.25, 0.3) is 0 Å². The zero-order chi connectivity index (χ0) is 22.5. The average Bonchev–Trinajstić information content (AvgIpc) is 2.82. The molecule has 0 atom stereocenters. The van der Waals surface area contributed by atoms with Crippen molar-refractivity contribution in [3.8, 4) is 0 Å². The molecule has 2 N–H and O–H groups in total. The van der Waals surface area contributed by atoms with E-state index in [0.29, 0.717) is 22.7 Å². The molecule has 3 aromatic rings. The summed E-state index contributed by atoms with van der Waals surface area (Å²) >= 11 is 0. The van der Waals surface area contributed by atoms with E-state index in [1.807, 2.05) is 44.2 Å². The monoisotopic (exact) mass is 426 g/mol. The Morgan fingerprint density at radius 1 is 0.656 bits per heavy atom. The molecule has 0 bridgehead atoms. The lowest BCUT2D eigenvalue weighted by Gasteiger charge is -2.22. The number of benzene rings is 3. The molecule has 1 saturated carbocycles. The topological polar surface area (TPSA) is 58.2 Å². The summed E-state index contributed by atoms with van der Waals surface area (Å²) < 4.78 is 0. The largest absolute Gasteiger partial charge is 0.322 e. The van der Waals surface area contributed by atoms with Gasteiger partial charge in [0.15, 0.2) is 0 Å². The van der Waals surface area contributed by atoms with Crippen molar-refractivity contribution in [1.82, 2.24) is 0 Å². The van der Waals surface area contributed by atoms with Crippen LogP contribution in [0.3, 0.4) is 0 Å². The minimum absolute atomic E-state index is 0.146. The smallest absolute Gasteiger partial charge is 0.255 e. The molecular weight excluding hydrogens is 396 g/mol. The van der Waals surface area contributed by atoms with Gasteiger partial charge in [-0.25, -0.2) is 0 Å². The van der Waals surface area contributed by atoms with Gasteiger partial charge in [0.2, 0.25) is 0 Å². The number of anilines is 2. The summed E-state index contributed by atoms with van der Waals surface area (Å²) in [6.07, 6.45) is 6.42. The molecule has 32 heavy (non-hydrogen) atoms. The fourth-order valence-electron chi connectivity index (χ4n) is 4.27. The average molecular weight is 427 g/mol. The number of aryl methyl sites for hydroxylation is 2. The van der Waals surface area contributed by atoms with E-state index < -0.39 is 0 Å². The van der Waals surface area contributed by atoms with Crippen molar-refractivity contribution >= 4 is 23.2 Å². The van der Waals surface area contributed by atoms with E-state index >= 15 is 0 Å². The maximum Gasteiger partial charge on any atom is 0.255 e. The summed E-state index contributed by atoms with van der Waals surface area (Å²) in [5.41, 5.74) is 6.26. The lowest BCUT2D eigenvalue weighted by atomic mass is 9.84. The number of nitrogens with one attached hydrogen (secondary N) is 2. The molecule has 4 rings (SSSR count). The van der Waals surface area contributed by atoms with Crippen molar-refractivity contribution in [2.45, 2.75) is 51.9 Å². The maximum atomic E-state index is 12.6. The van der Waals surface area contributed by atoms with E-state index in [1.54, 1.807) is 24.3 Å². The van der Waals surface area contributed by atoms with Crippen LogP contribution in [0.15, 0.2) is 66.7 Å². The van der Waals surface area contributed by atoms with Gasteiger partial charge >= 0.3 is 0 Å². The van der Waals surface area contributed by atoms with Crippen LogP contribution in [-0.2, 0) is 0 Å². The molecule has 0 heterocycles. The number of hydrogen-bond donors (Lipinski definition) is 2. The van der Waals surface area contributed by atoms with Crippen LogP contribution in [0.5, 0.6) is 0 Å². The van der Waals surface area contributed by atoms with Crippen LogP contribution in [0, 0.1) is 13.8 Å². The SMILES string of the molecule is Cc1ccc(NC(=O)c2ccc(NC(=O)c3ccc(C4CCCCC4)cc3)cc2)cc1C. The summed E-state index contributed by atoms with van der Waals surface area (Å²) in [7, 11) is 0. The van der Waals surface area contributed by atoms with E-state index in [2.05, 4.69) is 22.8 Å². The number of rotatable bonds is 5. The van der Waals surface area contributed by atoms with E-state index in [0.717, 1.165) is 11.3 Å². The lowest BCUT2D eigenvalue weighted by Crippen LogP contribution is -2.14. The first-order valence-corrected chi connectivity index (χ1v) is 11.4. The number of carbonyl (C=O) groups is 2. The predicted octanol–water partition coefficient (Wildman–Crippen LogP) is 6.86. The Kier molecular flexibility index (Phi) is 6.69. The molecule has 0 unspecified atom stereocenters. The number of carbonyl (C=O) groups excluding carboxylic acids is 2. The Balaban J connectivity index is 1.36. The van der Waals surface area contributed by atoms with Gasteiger partial charge in [-0.05, 0) is 97.8 Å². The van der Waals surface area contributed by atoms with Crippen molar-refractivity contribution in [1.29, 1.82) is 0 Å². The Hall–Kier alpha value is -3.40. The van der Waals surface area contributed by atoms with Gasteiger partial charge in [-0.2, -0.15) is 0 Å². The summed E-state index contributed by atoms with van der Waals surface area (Å²) in [5.74, 6) is 0.306. The molecule has 4 nitrogen and oxygen atoms in total. The maximum absolute atomic E-state index is 12.6. The summed E-state index contributed by atoms with van der Waals surface area (Å²) in [5, 5.41) is 5.83. The second-order valence-electron chi connectivity index (χ2n) is 8.74. The molecule has 0 aliphatic heterocycles. The third kappa shape index (κ3) is 5.25. The Morgan fingerprint density at radius 2 is 1.19 bits per heavy atom. The molecule has 0 radical (unpaired) electrons. The summed E-state index contributed by atoms with van der Waals surface area (Å²) in [6, 6.07) is 20.8. The lowest BCUT2D eigenvalue weighted by molar-refractivity contribution is 0.102. The quantitative estimate of drug-likeness (QED) is 0.468. The number of amides is 2. The minimum atomic E-state index is -0.176. The van der Waals surface area contributed by atoms with E-state index in [4.69, 9.17) is 0 Å². The molecule has 1 aliphatic carbocycles. The number of hydrogen-bond acceptors (Lipinski definition) is 2. The first-order chi connectivity index (χ1) is 15.5. The third-order valence-electron chi connectivity index (χ3n) is 6.42. The fraction of sp³-hybridized carbons (Fsp3) is 0.286. The van der Waals surface area contributed by atoms with Gasteiger partial charge in [-0.1, -0.05) is 37.5 Å². The van der Waals surface area contributed by atoms with Crippen LogP contribution in [0.4, 0.5) is 11.4 Å². The second-order valence-corrected chi connectivity index (χ2v) is 8.74. The van der Waals surface area contributed by atoms with Crippen LogP contribution in [0.2, 0.25) is 0 Å². The van der Waals surface area contributed by atoms with Crippen molar-refractivity contribution in [2.75, 3.05) is 10.6 Å². The van der Waals surface area contributed by atoms with Gasteiger partial charge < -0.3 is 10.6 Å². The van der Waals surface area contributed by atoms with Crippen molar-refractivity contribution in [3.05, 3.63) is 94.5 Å². The summed E-state index contributed by atoms with van der Waals surface area (Å²) in [6.45, 7) is 4.06. The van der Waals surface area contributed by atoms with Crippen LogP contribution >= 0.6 is 0 Å². The second kappa shape index (κ2) is 9.82. The van der Waals surface area contributed by atoms with Gasteiger partial charge in [0.1, 0.15) is 0 Å². The van der Waals surface area contributed by atoms with Gasteiger partial charge in [-0.3, -0.25) is 9.59 Å². The predicted molar refractivity (Wildman–Crippen MR) is 131 cm³/mol. The molecule has 0 aromatic heterocycles. The molecule has 0 saturated heterocycles. The highest BCUT2D eigenvalue weighted by molar-refractivity contribution is 6.06. The normalized spacial score (nSPS) is 14.1. The highest BCUT2D eigenvalue weighted by atomic mass is 16.2. The van der Waals surface area contributed by atoms with E-state index in [-0.39, 0.29) is 11.8 Å². The first-order valence-electron chi connectivity index (χ1n) is 11.4. The molecule has 3 aromatic carbocycles. The van der Waals surface area contributed by atoms with Gasteiger partial charge in [0, 0.05) is 22.5 Å². The van der Waals surface area contributed by atoms with Gasteiger partial charge in [-0.15, -0.1) is 0 Å². The van der Waals surface area contributed by atoms with E-state index in [9.17, 15) is 9.59 Å². The molecule has 1 aliphatic rings. The molecule has 2 amide bonds. The first kappa shape index (κ1) is 21.8. The fourth-order valence-corrected chi connectivity index (χ4v) is 4.27. The zero-order valence-corrected chi connectivity index (χ0v) is 18.8. The molecule has 164 valence electrons. The minimum Gasteiger partial charge on any atom is -0.322 e. The van der Waals surface area contributed by atoms with Crippen molar-refractivity contribution in [3.63, 3.8) is 0 Å².